The Morgan fingerprint density at radius 2 is 1.81 bits per heavy atom. The molecule has 0 amide bonds. The summed E-state index contributed by atoms with van der Waals surface area (Å²) in [4.78, 5) is 3.72. The van der Waals surface area contributed by atoms with Crippen LogP contribution in [0.3, 0.4) is 0 Å². The molecule has 3 aromatic rings. The van der Waals surface area contributed by atoms with Crippen LogP contribution in [0.25, 0.3) is 10.6 Å². The molecule has 4 nitrogen and oxygen atoms in total. The molecule has 1 heterocycles. The number of halogens is 3. The third kappa shape index (κ3) is 4.29. The molecule has 0 aliphatic heterocycles. The molecule has 0 spiro atoms. The predicted molar refractivity (Wildman–Crippen MR) is 92.8 cm³/mol. The summed E-state index contributed by atoms with van der Waals surface area (Å²) in [6.45, 7) is -0.00846. The fourth-order valence-electron chi connectivity index (χ4n) is 2.26. The fraction of sp³-hybridized carbons (Fsp3) is 0.118. The number of rotatable bonds is 6. The van der Waals surface area contributed by atoms with E-state index in [1.165, 1.54) is 23.5 Å². The van der Waals surface area contributed by atoms with Crippen molar-refractivity contribution in [3.63, 3.8) is 0 Å². The molecule has 0 fully saturated rings. The summed E-state index contributed by atoms with van der Waals surface area (Å²) < 4.78 is 66.2. The second-order valence-corrected chi connectivity index (χ2v) is 7.97. The van der Waals surface area contributed by atoms with Gasteiger partial charge in [0.2, 0.25) is 10.0 Å². The number of hydrogen-bond acceptors (Lipinski definition) is 4. The van der Waals surface area contributed by atoms with Crippen molar-refractivity contribution in [1.82, 2.24) is 9.71 Å². The molecule has 0 aliphatic carbocycles. The van der Waals surface area contributed by atoms with Gasteiger partial charge in [0.15, 0.2) is 0 Å². The van der Waals surface area contributed by atoms with E-state index < -0.39 is 26.6 Å². The molecular formula is C17H13F3N2O2S2. The fourth-order valence-corrected chi connectivity index (χ4v) is 4.20. The van der Waals surface area contributed by atoms with Crippen LogP contribution in [0.15, 0.2) is 52.7 Å². The van der Waals surface area contributed by atoms with Crippen molar-refractivity contribution < 1.29 is 21.6 Å². The van der Waals surface area contributed by atoms with Gasteiger partial charge >= 0.3 is 0 Å². The summed E-state index contributed by atoms with van der Waals surface area (Å²) in [6, 6.07) is 8.27. The lowest BCUT2D eigenvalue weighted by Crippen LogP contribution is -2.27. The van der Waals surface area contributed by atoms with Crippen molar-refractivity contribution in [3.8, 4) is 10.6 Å². The van der Waals surface area contributed by atoms with Gasteiger partial charge in [-0.3, -0.25) is 0 Å². The van der Waals surface area contributed by atoms with Crippen molar-refractivity contribution in [2.24, 2.45) is 0 Å². The first-order valence-electron chi connectivity index (χ1n) is 7.50. The number of nitrogens with one attached hydrogen (secondary N) is 1. The lowest BCUT2D eigenvalue weighted by Gasteiger charge is -2.07. The Balaban J connectivity index is 1.65. The molecule has 0 bridgehead atoms. The van der Waals surface area contributed by atoms with Crippen molar-refractivity contribution in [1.29, 1.82) is 0 Å². The van der Waals surface area contributed by atoms with Gasteiger partial charge in [0.25, 0.3) is 0 Å². The summed E-state index contributed by atoms with van der Waals surface area (Å²) in [6.07, 6.45) is 0.272. The average Bonchev–Trinajstić information content (AvgIpc) is 3.03. The standard InChI is InChI=1S/C17H13F3N2O2S2/c18-12-3-1-2-11(8-12)17-22-14(10-25-17)6-7-21-26(23,24)16-5-4-13(19)9-15(16)20/h1-5,8-10,21H,6-7H2. The van der Waals surface area contributed by atoms with E-state index in [-0.39, 0.29) is 18.8 Å². The van der Waals surface area contributed by atoms with E-state index >= 15 is 0 Å². The van der Waals surface area contributed by atoms with Crippen LogP contribution >= 0.6 is 11.3 Å². The Labute approximate surface area is 152 Å². The van der Waals surface area contributed by atoms with Crippen molar-refractivity contribution in [2.45, 2.75) is 11.3 Å². The Kier molecular flexibility index (Phi) is 5.40. The van der Waals surface area contributed by atoms with E-state index in [4.69, 9.17) is 0 Å². The van der Waals surface area contributed by atoms with Crippen LogP contribution in [-0.2, 0) is 16.4 Å². The van der Waals surface area contributed by atoms with Gasteiger partial charge in [-0.15, -0.1) is 11.3 Å². The smallest absolute Gasteiger partial charge is 0.241 e. The zero-order valence-corrected chi connectivity index (χ0v) is 14.9. The average molecular weight is 398 g/mol. The summed E-state index contributed by atoms with van der Waals surface area (Å²) in [5.74, 6) is -2.37. The molecule has 0 unspecified atom stereocenters. The number of nitrogens with zero attached hydrogens (tertiary/aromatic N) is 1. The van der Waals surface area contributed by atoms with Crippen LogP contribution in [0.4, 0.5) is 13.2 Å². The number of aromatic nitrogens is 1. The van der Waals surface area contributed by atoms with E-state index in [2.05, 4.69) is 9.71 Å². The van der Waals surface area contributed by atoms with E-state index in [9.17, 15) is 21.6 Å². The molecule has 0 saturated carbocycles. The summed E-state index contributed by atoms with van der Waals surface area (Å²) in [7, 11) is -4.09. The SMILES string of the molecule is O=S(=O)(NCCc1csc(-c2cccc(F)c2)n1)c1ccc(F)cc1F. The molecule has 0 aliphatic rings. The number of hydrogen-bond donors (Lipinski definition) is 1. The molecule has 9 heteroatoms. The quantitative estimate of drug-likeness (QED) is 0.688. The lowest BCUT2D eigenvalue weighted by atomic mass is 10.2. The molecule has 1 aromatic heterocycles. The second kappa shape index (κ2) is 7.56. The molecule has 0 saturated heterocycles. The molecule has 2 aromatic carbocycles. The van der Waals surface area contributed by atoms with Gasteiger partial charge in [0.05, 0.1) is 5.69 Å². The highest BCUT2D eigenvalue weighted by Crippen LogP contribution is 2.24. The zero-order chi connectivity index (χ0) is 18.7. The zero-order valence-electron chi connectivity index (χ0n) is 13.2. The topological polar surface area (TPSA) is 59.1 Å². The van der Waals surface area contributed by atoms with Gasteiger partial charge < -0.3 is 0 Å². The Bertz CT molecular complexity index is 1040. The van der Waals surface area contributed by atoms with Crippen LogP contribution in [0.1, 0.15) is 5.69 Å². The summed E-state index contributed by atoms with van der Waals surface area (Å²) >= 11 is 1.31. The Morgan fingerprint density at radius 1 is 1.04 bits per heavy atom. The molecule has 3 rings (SSSR count). The Morgan fingerprint density at radius 3 is 2.54 bits per heavy atom. The molecule has 0 atom stereocenters. The highest BCUT2D eigenvalue weighted by atomic mass is 32.2. The van der Waals surface area contributed by atoms with Crippen LogP contribution in [0.5, 0.6) is 0 Å². The number of benzene rings is 2. The minimum absolute atomic E-state index is 0.00846. The monoisotopic (exact) mass is 398 g/mol. The summed E-state index contributed by atoms with van der Waals surface area (Å²) in [5.41, 5.74) is 1.26. The molecule has 26 heavy (non-hydrogen) atoms. The number of sulfonamides is 1. The third-order valence-electron chi connectivity index (χ3n) is 3.48. The van der Waals surface area contributed by atoms with Crippen LogP contribution in [0, 0.1) is 17.5 Å². The summed E-state index contributed by atoms with van der Waals surface area (Å²) in [5, 5.41) is 2.36. The number of thiazole rings is 1. The minimum atomic E-state index is -4.09. The second-order valence-electron chi connectivity index (χ2n) is 5.38. The van der Waals surface area contributed by atoms with Gasteiger partial charge in [0, 0.05) is 30.0 Å². The first-order chi connectivity index (χ1) is 12.3. The first-order valence-corrected chi connectivity index (χ1v) is 9.86. The lowest BCUT2D eigenvalue weighted by molar-refractivity contribution is 0.543. The van der Waals surface area contributed by atoms with E-state index in [1.54, 1.807) is 17.5 Å². The van der Waals surface area contributed by atoms with E-state index in [1.807, 2.05) is 0 Å². The third-order valence-corrected chi connectivity index (χ3v) is 5.91. The van der Waals surface area contributed by atoms with Crippen LogP contribution in [0.2, 0.25) is 0 Å². The van der Waals surface area contributed by atoms with Crippen LogP contribution < -0.4 is 4.72 Å². The normalized spacial score (nSPS) is 11.7. The van der Waals surface area contributed by atoms with Gasteiger partial charge in [-0.1, -0.05) is 12.1 Å². The first kappa shape index (κ1) is 18.6. The Hall–Kier alpha value is -2.23. The molecule has 1 N–H and O–H groups in total. The minimum Gasteiger partial charge on any atom is -0.241 e. The van der Waals surface area contributed by atoms with Crippen LogP contribution in [-0.4, -0.2) is 19.9 Å². The maximum Gasteiger partial charge on any atom is 0.243 e. The van der Waals surface area contributed by atoms with Gasteiger partial charge in [-0.05, 0) is 24.3 Å². The highest BCUT2D eigenvalue weighted by molar-refractivity contribution is 7.89. The van der Waals surface area contributed by atoms with Gasteiger partial charge in [0.1, 0.15) is 27.4 Å². The maximum atomic E-state index is 13.6. The predicted octanol–water partition coefficient (Wildman–Crippen LogP) is 3.75. The van der Waals surface area contributed by atoms with Crippen molar-refractivity contribution in [2.75, 3.05) is 6.54 Å². The van der Waals surface area contributed by atoms with Gasteiger partial charge in [-0.25, -0.2) is 31.3 Å². The molecular weight excluding hydrogens is 385 g/mol. The van der Waals surface area contributed by atoms with E-state index in [0.29, 0.717) is 22.3 Å². The highest BCUT2D eigenvalue weighted by Gasteiger charge is 2.19. The maximum absolute atomic E-state index is 13.6. The van der Waals surface area contributed by atoms with Crippen molar-refractivity contribution >= 4 is 21.4 Å². The van der Waals surface area contributed by atoms with Crippen molar-refractivity contribution in [3.05, 3.63) is 71.0 Å². The largest absolute Gasteiger partial charge is 0.243 e. The van der Waals surface area contributed by atoms with E-state index in [0.717, 1.165) is 12.1 Å². The molecule has 136 valence electrons. The van der Waals surface area contributed by atoms with Gasteiger partial charge in [-0.2, -0.15) is 0 Å². The molecule has 0 radical (unpaired) electrons.